The maximum atomic E-state index is 6.31. The molecule has 2 aromatic carbocycles. The molecule has 0 amide bonds. The van der Waals surface area contributed by atoms with E-state index in [4.69, 9.17) is 21.1 Å². The normalized spacial score (nSPS) is 11.1. The lowest BCUT2D eigenvalue weighted by atomic mass is 10.1. The number of imidazole rings is 1. The summed E-state index contributed by atoms with van der Waals surface area (Å²) in [5.41, 5.74) is 4.13. The minimum atomic E-state index is 0.368. The second kappa shape index (κ2) is 5.69. The van der Waals surface area contributed by atoms with Crippen molar-refractivity contribution in [2.24, 2.45) is 0 Å². The van der Waals surface area contributed by atoms with E-state index >= 15 is 0 Å². The summed E-state index contributed by atoms with van der Waals surface area (Å²) in [6.07, 6.45) is 1.78. The first-order chi connectivity index (χ1) is 11.7. The van der Waals surface area contributed by atoms with Crippen LogP contribution in [0.15, 0.2) is 48.7 Å². The largest absolute Gasteiger partial charge is 0.497 e. The summed E-state index contributed by atoms with van der Waals surface area (Å²) in [6, 6.07) is 13.5. The van der Waals surface area contributed by atoms with E-state index in [9.17, 15) is 0 Å². The van der Waals surface area contributed by atoms with Crippen molar-refractivity contribution in [2.45, 2.75) is 0 Å². The lowest BCUT2D eigenvalue weighted by Crippen LogP contribution is -1.97. The van der Waals surface area contributed by atoms with Gasteiger partial charge >= 0.3 is 0 Å². The lowest BCUT2D eigenvalue weighted by molar-refractivity contribution is 0.395. The molecule has 0 unspecified atom stereocenters. The van der Waals surface area contributed by atoms with Gasteiger partial charge in [-0.05, 0) is 24.3 Å². The molecule has 5 nitrogen and oxygen atoms in total. The van der Waals surface area contributed by atoms with Crippen LogP contribution in [-0.2, 0) is 0 Å². The summed E-state index contributed by atoms with van der Waals surface area (Å²) >= 11 is 6.31. The zero-order valence-corrected chi connectivity index (χ0v) is 13.9. The van der Waals surface area contributed by atoms with Crippen molar-refractivity contribution in [3.63, 3.8) is 0 Å². The second-order valence-electron chi connectivity index (χ2n) is 5.26. The minimum Gasteiger partial charge on any atom is -0.497 e. The van der Waals surface area contributed by atoms with Gasteiger partial charge < -0.3 is 9.47 Å². The van der Waals surface area contributed by atoms with E-state index < -0.39 is 0 Å². The molecular formula is C18H14ClN3O2. The van der Waals surface area contributed by atoms with E-state index in [0.29, 0.717) is 16.5 Å². The van der Waals surface area contributed by atoms with Crippen molar-refractivity contribution in [1.29, 1.82) is 0 Å². The third-order valence-corrected chi connectivity index (χ3v) is 4.23. The first-order valence-corrected chi connectivity index (χ1v) is 7.75. The molecule has 2 aromatic heterocycles. The fourth-order valence-electron chi connectivity index (χ4n) is 2.84. The number of para-hydroxylation sites is 2. The molecule has 0 spiro atoms. The third kappa shape index (κ3) is 2.17. The Morgan fingerprint density at radius 1 is 1.04 bits per heavy atom. The maximum Gasteiger partial charge on any atom is 0.175 e. The Bertz CT molecular complexity index is 1060. The van der Waals surface area contributed by atoms with Crippen LogP contribution >= 0.6 is 11.6 Å². The minimum absolute atomic E-state index is 0.368. The van der Waals surface area contributed by atoms with Crippen molar-refractivity contribution in [3.05, 3.63) is 53.8 Å². The Morgan fingerprint density at radius 2 is 1.88 bits per heavy atom. The van der Waals surface area contributed by atoms with Crippen LogP contribution in [0.2, 0.25) is 5.15 Å². The summed E-state index contributed by atoms with van der Waals surface area (Å²) in [5.74, 6) is 1.43. The van der Waals surface area contributed by atoms with Gasteiger partial charge in [-0.15, -0.1) is 0 Å². The average molecular weight is 340 g/mol. The molecule has 4 rings (SSSR count). The summed E-state index contributed by atoms with van der Waals surface area (Å²) in [5, 5.41) is 0.368. The first-order valence-electron chi connectivity index (χ1n) is 7.37. The number of fused-ring (bicyclic) bond motifs is 3. The number of benzene rings is 2. The Morgan fingerprint density at radius 3 is 2.67 bits per heavy atom. The highest BCUT2D eigenvalue weighted by Crippen LogP contribution is 2.35. The highest BCUT2D eigenvalue weighted by Gasteiger charge is 2.16. The van der Waals surface area contributed by atoms with Gasteiger partial charge in [0.25, 0.3) is 0 Å². The van der Waals surface area contributed by atoms with Crippen LogP contribution in [0.1, 0.15) is 0 Å². The van der Waals surface area contributed by atoms with Gasteiger partial charge in [0.15, 0.2) is 10.8 Å². The number of hydrogen-bond acceptors (Lipinski definition) is 4. The SMILES string of the molecule is COc1ccc(-c2cnc3c(Cl)nc4ccccc4n23)c(OC)c1. The quantitative estimate of drug-likeness (QED) is 0.560. The number of ether oxygens (including phenoxy) is 2. The highest BCUT2D eigenvalue weighted by molar-refractivity contribution is 6.32. The summed E-state index contributed by atoms with van der Waals surface area (Å²) < 4.78 is 12.8. The van der Waals surface area contributed by atoms with E-state index in [1.165, 1.54) is 0 Å². The summed E-state index contributed by atoms with van der Waals surface area (Å²) in [4.78, 5) is 8.86. The molecule has 0 saturated carbocycles. The molecule has 0 aliphatic carbocycles. The van der Waals surface area contributed by atoms with Gasteiger partial charge in [-0.3, -0.25) is 4.40 Å². The maximum absolute atomic E-state index is 6.31. The van der Waals surface area contributed by atoms with Crippen LogP contribution in [0.4, 0.5) is 0 Å². The Kier molecular flexibility index (Phi) is 3.50. The lowest BCUT2D eigenvalue weighted by Gasteiger charge is -2.11. The Hall–Kier alpha value is -2.79. The van der Waals surface area contributed by atoms with Crippen LogP contribution in [0.25, 0.3) is 27.9 Å². The van der Waals surface area contributed by atoms with Crippen LogP contribution in [0.3, 0.4) is 0 Å². The van der Waals surface area contributed by atoms with Crippen LogP contribution in [0.5, 0.6) is 11.5 Å². The molecule has 0 atom stereocenters. The molecule has 0 aliphatic rings. The molecule has 24 heavy (non-hydrogen) atoms. The monoisotopic (exact) mass is 339 g/mol. The third-order valence-electron chi connectivity index (χ3n) is 3.97. The zero-order valence-electron chi connectivity index (χ0n) is 13.2. The molecule has 4 aromatic rings. The topological polar surface area (TPSA) is 48.7 Å². The number of hydrogen-bond donors (Lipinski definition) is 0. The van der Waals surface area contributed by atoms with Crippen molar-refractivity contribution in [3.8, 4) is 22.8 Å². The van der Waals surface area contributed by atoms with Crippen molar-refractivity contribution in [1.82, 2.24) is 14.4 Å². The Labute approximate surface area is 143 Å². The van der Waals surface area contributed by atoms with E-state index in [1.54, 1.807) is 20.4 Å². The van der Waals surface area contributed by atoms with Crippen LogP contribution in [0, 0.1) is 0 Å². The molecule has 6 heteroatoms. The number of rotatable bonds is 3. The smallest absolute Gasteiger partial charge is 0.175 e. The summed E-state index contributed by atoms with van der Waals surface area (Å²) in [6.45, 7) is 0. The van der Waals surface area contributed by atoms with Crippen molar-refractivity contribution < 1.29 is 9.47 Å². The molecule has 0 bridgehead atoms. The molecule has 0 radical (unpaired) electrons. The molecule has 0 saturated heterocycles. The van der Waals surface area contributed by atoms with Gasteiger partial charge in [-0.2, -0.15) is 0 Å². The van der Waals surface area contributed by atoms with Gasteiger partial charge in [-0.1, -0.05) is 23.7 Å². The van der Waals surface area contributed by atoms with Gasteiger partial charge in [-0.25, -0.2) is 9.97 Å². The van der Waals surface area contributed by atoms with Gasteiger partial charge in [0, 0.05) is 11.6 Å². The number of methoxy groups -OCH3 is 2. The first kappa shape index (κ1) is 14.8. The fourth-order valence-corrected chi connectivity index (χ4v) is 3.07. The van der Waals surface area contributed by atoms with Crippen LogP contribution in [-0.4, -0.2) is 28.6 Å². The predicted octanol–water partition coefficient (Wildman–Crippen LogP) is 4.22. The number of halogens is 1. The van der Waals surface area contributed by atoms with E-state index in [-0.39, 0.29) is 0 Å². The standard InChI is InChI=1S/C18H14ClN3O2/c1-23-11-7-8-12(16(9-11)24-2)15-10-20-18-17(19)21-13-5-3-4-6-14(13)22(15)18/h3-10H,1-2H3. The second-order valence-corrected chi connectivity index (χ2v) is 5.62. The molecular weight excluding hydrogens is 326 g/mol. The van der Waals surface area contributed by atoms with Gasteiger partial charge in [0.2, 0.25) is 0 Å². The number of aromatic nitrogens is 3. The highest BCUT2D eigenvalue weighted by atomic mass is 35.5. The molecule has 2 heterocycles. The fraction of sp³-hybridized carbons (Fsp3) is 0.111. The Balaban J connectivity index is 2.08. The summed E-state index contributed by atoms with van der Waals surface area (Å²) in [7, 11) is 3.26. The van der Waals surface area contributed by atoms with Gasteiger partial charge in [0.1, 0.15) is 11.5 Å². The predicted molar refractivity (Wildman–Crippen MR) is 94.0 cm³/mol. The van der Waals surface area contributed by atoms with Crippen molar-refractivity contribution in [2.75, 3.05) is 14.2 Å². The molecule has 0 N–H and O–H groups in total. The average Bonchev–Trinajstić information content (AvgIpc) is 3.07. The van der Waals surface area contributed by atoms with Crippen molar-refractivity contribution >= 4 is 28.3 Å². The van der Waals surface area contributed by atoms with E-state index in [2.05, 4.69) is 9.97 Å². The zero-order chi connectivity index (χ0) is 16.7. The van der Waals surface area contributed by atoms with Gasteiger partial charge in [0.05, 0.1) is 37.1 Å². The van der Waals surface area contributed by atoms with E-state index in [1.807, 2.05) is 46.9 Å². The van der Waals surface area contributed by atoms with E-state index in [0.717, 1.165) is 28.0 Å². The molecule has 0 aliphatic heterocycles. The number of nitrogens with zero attached hydrogens (tertiary/aromatic N) is 3. The molecule has 0 fully saturated rings. The molecule has 120 valence electrons. The van der Waals surface area contributed by atoms with Crippen LogP contribution < -0.4 is 9.47 Å².